The first-order chi connectivity index (χ1) is 14.4. The molecule has 0 aromatic heterocycles. The maximum Gasteiger partial charge on any atom is 0.339 e. The van der Waals surface area contributed by atoms with Crippen molar-refractivity contribution in [2.75, 3.05) is 44.2 Å². The largest absolute Gasteiger partial charge is 0.456 e. The summed E-state index contributed by atoms with van der Waals surface area (Å²) in [6.45, 7) is 3.86. The third kappa shape index (κ3) is 5.79. The van der Waals surface area contributed by atoms with Crippen LogP contribution in [-0.2, 0) is 14.8 Å². The van der Waals surface area contributed by atoms with Crippen molar-refractivity contribution >= 4 is 21.7 Å². The molecule has 0 bridgehead atoms. The van der Waals surface area contributed by atoms with Crippen LogP contribution in [0.5, 0.6) is 0 Å². The van der Waals surface area contributed by atoms with Gasteiger partial charge in [-0.05, 0) is 30.7 Å². The highest BCUT2D eigenvalue weighted by Crippen LogP contribution is 2.18. The predicted molar refractivity (Wildman–Crippen MR) is 114 cm³/mol. The molecule has 0 spiro atoms. The molecule has 0 aliphatic carbocycles. The van der Waals surface area contributed by atoms with Crippen molar-refractivity contribution in [1.29, 1.82) is 0 Å². The van der Waals surface area contributed by atoms with Crippen molar-refractivity contribution < 1.29 is 23.1 Å². The number of anilines is 1. The van der Waals surface area contributed by atoms with Crippen molar-refractivity contribution in [2.45, 2.75) is 17.4 Å². The third-order valence-corrected chi connectivity index (χ3v) is 6.12. The molecule has 0 saturated carbocycles. The third-order valence-electron chi connectivity index (χ3n) is 5.15. The molecule has 1 aliphatic rings. The van der Waals surface area contributed by atoms with Crippen LogP contribution in [-0.4, -0.2) is 69.8 Å². The van der Waals surface area contributed by atoms with Crippen LogP contribution < -0.4 is 10.0 Å². The van der Waals surface area contributed by atoms with Crippen molar-refractivity contribution in [1.82, 2.24) is 4.90 Å². The summed E-state index contributed by atoms with van der Waals surface area (Å²) in [6.07, 6.45) is -0.274. The van der Waals surface area contributed by atoms with E-state index in [0.717, 1.165) is 26.2 Å². The van der Waals surface area contributed by atoms with E-state index < -0.39 is 22.1 Å². The van der Waals surface area contributed by atoms with Gasteiger partial charge in [-0.25, -0.2) is 18.4 Å². The highest BCUT2D eigenvalue weighted by molar-refractivity contribution is 7.89. The summed E-state index contributed by atoms with van der Waals surface area (Å²) in [6, 6.07) is 15.8. The Morgan fingerprint density at radius 1 is 1.03 bits per heavy atom. The molecule has 0 radical (unpaired) electrons. The number of rotatable bonds is 8. The summed E-state index contributed by atoms with van der Waals surface area (Å²) < 4.78 is 28.7. The lowest BCUT2D eigenvalue weighted by molar-refractivity contribution is 0.00791. The number of nitrogens with zero attached hydrogens (tertiary/aromatic N) is 2. The fourth-order valence-electron chi connectivity index (χ4n) is 3.48. The monoisotopic (exact) mass is 433 g/mol. The molecule has 3 N–H and O–H groups in total. The Bertz CT molecular complexity index is 944. The van der Waals surface area contributed by atoms with Gasteiger partial charge >= 0.3 is 5.97 Å². The summed E-state index contributed by atoms with van der Waals surface area (Å²) in [7, 11) is -4.05. The maximum absolute atomic E-state index is 12.5. The molecule has 30 heavy (non-hydrogen) atoms. The number of ether oxygens (including phenoxy) is 1. The molecule has 3 rings (SSSR count). The van der Waals surface area contributed by atoms with Gasteiger partial charge in [0, 0.05) is 38.4 Å². The molecule has 0 amide bonds. The van der Waals surface area contributed by atoms with Crippen LogP contribution in [0.2, 0.25) is 0 Å². The van der Waals surface area contributed by atoms with Crippen molar-refractivity contribution in [3.63, 3.8) is 0 Å². The normalized spacial score (nSPS) is 16.3. The van der Waals surface area contributed by atoms with Crippen molar-refractivity contribution in [2.24, 2.45) is 5.14 Å². The zero-order valence-electron chi connectivity index (χ0n) is 16.7. The van der Waals surface area contributed by atoms with Crippen molar-refractivity contribution in [3.05, 3.63) is 60.2 Å². The molecule has 1 unspecified atom stereocenters. The summed E-state index contributed by atoms with van der Waals surface area (Å²) in [5.74, 6) is -0.812. The van der Waals surface area contributed by atoms with Gasteiger partial charge in [-0.2, -0.15) is 0 Å². The van der Waals surface area contributed by atoms with E-state index in [1.54, 1.807) is 0 Å². The minimum absolute atomic E-state index is 0.130. The van der Waals surface area contributed by atoms with Gasteiger partial charge in [0.1, 0.15) is 6.10 Å². The topological polar surface area (TPSA) is 113 Å². The molecule has 1 aliphatic heterocycles. The maximum atomic E-state index is 12.5. The van der Waals surface area contributed by atoms with Gasteiger partial charge in [-0.15, -0.1) is 0 Å². The van der Waals surface area contributed by atoms with Crippen LogP contribution in [0, 0.1) is 0 Å². The van der Waals surface area contributed by atoms with E-state index in [9.17, 15) is 18.3 Å². The highest BCUT2D eigenvalue weighted by Gasteiger charge is 2.24. The highest BCUT2D eigenvalue weighted by atomic mass is 32.2. The van der Waals surface area contributed by atoms with Gasteiger partial charge in [0.2, 0.25) is 10.0 Å². The second-order valence-corrected chi connectivity index (χ2v) is 8.73. The van der Waals surface area contributed by atoms with E-state index >= 15 is 0 Å². The second-order valence-electron chi connectivity index (χ2n) is 7.20. The van der Waals surface area contributed by atoms with E-state index in [-0.39, 0.29) is 17.1 Å². The van der Waals surface area contributed by atoms with Crippen molar-refractivity contribution in [3.8, 4) is 0 Å². The Morgan fingerprint density at radius 3 is 2.30 bits per heavy atom. The minimum atomic E-state index is -4.05. The van der Waals surface area contributed by atoms with Crippen LogP contribution >= 0.6 is 0 Å². The summed E-state index contributed by atoms with van der Waals surface area (Å²) in [5.41, 5.74) is 1.07. The lowest BCUT2D eigenvalue weighted by Crippen LogP contribution is -2.47. The summed E-state index contributed by atoms with van der Waals surface area (Å²) in [5, 5.41) is 14.8. The number of esters is 1. The number of carbonyl (C=O) groups excluding carboxylic acids is 1. The first-order valence-electron chi connectivity index (χ1n) is 9.84. The van der Waals surface area contributed by atoms with E-state index in [1.807, 2.05) is 18.2 Å². The smallest absolute Gasteiger partial charge is 0.339 e. The average molecular weight is 434 g/mol. The number of piperazine rings is 1. The van der Waals surface area contributed by atoms with Gasteiger partial charge in [-0.1, -0.05) is 30.3 Å². The predicted octanol–water partition coefficient (Wildman–Crippen LogP) is 1.06. The lowest BCUT2D eigenvalue weighted by Gasteiger charge is -2.36. The number of aliphatic hydroxyl groups is 1. The molecule has 8 nitrogen and oxygen atoms in total. The fourth-order valence-corrected chi connectivity index (χ4v) is 4.21. The Labute approximate surface area is 176 Å². The molecule has 2 aromatic rings. The number of aliphatic hydroxyl groups excluding tert-OH is 1. The first kappa shape index (κ1) is 22.2. The molecule has 1 heterocycles. The van der Waals surface area contributed by atoms with Gasteiger partial charge in [0.25, 0.3) is 0 Å². The molecule has 2 aromatic carbocycles. The molecular weight excluding hydrogens is 406 g/mol. The Hall–Kier alpha value is -2.46. The standard InChI is InChI=1S/C21H27N3O5S/c22-30(27,28)20-9-5-4-8-19(20)21(26)29-18(16-25)10-11-23-12-14-24(15-13-23)17-6-2-1-3-7-17/h1-9,18,25H,10-16H2,(H2,22,27,28). The van der Waals surface area contributed by atoms with Gasteiger partial charge < -0.3 is 14.7 Å². The number of carbonyl (C=O) groups is 1. The second kappa shape index (κ2) is 10.0. The first-order valence-corrected chi connectivity index (χ1v) is 11.4. The molecule has 1 saturated heterocycles. The van der Waals surface area contributed by atoms with Crippen LogP contribution in [0.4, 0.5) is 5.69 Å². The average Bonchev–Trinajstić information content (AvgIpc) is 2.77. The van der Waals surface area contributed by atoms with Gasteiger partial charge in [0.05, 0.1) is 17.1 Å². The zero-order chi connectivity index (χ0) is 21.6. The number of para-hydroxylation sites is 1. The Balaban J connectivity index is 1.52. The van der Waals surface area contributed by atoms with Crippen LogP contribution in [0.15, 0.2) is 59.5 Å². The van der Waals surface area contributed by atoms with E-state index in [4.69, 9.17) is 9.88 Å². The minimum Gasteiger partial charge on any atom is -0.456 e. The molecular formula is C21H27N3O5S. The molecule has 9 heteroatoms. The number of hydrogen-bond donors (Lipinski definition) is 2. The Kier molecular flexibility index (Phi) is 7.43. The quantitative estimate of drug-likeness (QED) is 0.599. The number of nitrogens with two attached hydrogens (primary N) is 1. The van der Waals surface area contributed by atoms with E-state index in [0.29, 0.717) is 13.0 Å². The summed E-state index contributed by atoms with van der Waals surface area (Å²) >= 11 is 0. The van der Waals surface area contributed by atoms with Gasteiger partial charge in [-0.3, -0.25) is 4.90 Å². The molecule has 162 valence electrons. The molecule has 1 atom stereocenters. The fraction of sp³-hybridized carbons (Fsp3) is 0.381. The van der Waals surface area contributed by atoms with Crippen LogP contribution in [0.1, 0.15) is 16.8 Å². The molecule has 1 fully saturated rings. The van der Waals surface area contributed by atoms with Gasteiger partial charge in [0.15, 0.2) is 0 Å². The lowest BCUT2D eigenvalue weighted by atomic mass is 10.2. The van der Waals surface area contributed by atoms with E-state index in [1.165, 1.54) is 30.0 Å². The number of sulfonamides is 1. The Morgan fingerprint density at radius 2 is 1.67 bits per heavy atom. The van der Waals surface area contributed by atoms with Crippen LogP contribution in [0.3, 0.4) is 0 Å². The zero-order valence-corrected chi connectivity index (χ0v) is 17.5. The number of benzene rings is 2. The number of hydrogen-bond acceptors (Lipinski definition) is 7. The van der Waals surface area contributed by atoms with E-state index in [2.05, 4.69) is 21.9 Å². The number of primary sulfonamides is 1. The SMILES string of the molecule is NS(=O)(=O)c1ccccc1C(=O)OC(CO)CCN1CCN(c2ccccc2)CC1. The van der Waals surface area contributed by atoms with Crippen LogP contribution in [0.25, 0.3) is 0 Å². The summed E-state index contributed by atoms with van der Waals surface area (Å²) in [4.78, 5) is 16.8.